The Kier molecular flexibility index (Phi) is 4.36. The lowest BCUT2D eigenvalue weighted by molar-refractivity contribution is -0.116. The molecule has 6 heteroatoms. The Labute approximate surface area is 92.6 Å². The van der Waals surface area contributed by atoms with Crippen molar-refractivity contribution in [3.63, 3.8) is 0 Å². The number of hydrogen-bond donors (Lipinski definition) is 4. The van der Waals surface area contributed by atoms with Gasteiger partial charge in [-0.1, -0.05) is 0 Å². The molecule has 0 aliphatic heterocycles. The second-order valence-corrected chi connectivity index (χ2v) is 3.32. The topological polar surface area (TPSA) is 103 Å². The number of aliphatic hydroxyl groups excluding tert-OH is 2. The van der Waals surface area contributed by atoms with Gasteiger partial charge in [-0.2, -0.15) is 0 Å². The number of nitrogens with zero attached hydrogens (tertiary/aromatic N) is 1. The van der Waals surface area contributed by atoms with Crippen LogP contribution in [0.15, 0.2) is 6.20 Å². The molecule has 0 aromatic carbocycles. The maximum Gasteiger partial charge on any atom is 0.163 e. The van der Waals surface area contributed by atoms with Crippen molar-refractivity contribution in [2.75, 3.05) is 0 Å². The molecule has 0 aliphatic carbocycles. The van der Waals surface area contributed by atoms with Gasteiger partial charge < -0.3 is 15.3 Å². The number of aromatic hydroxyl groups is 1. The minimum atomic E-state index is -1.29. The SMILES string of the molecule is Cc1ncc(CO)c(CNC(O)C=O)c1O. The van der Waals surface area contributed by atoms with Crippen molar-refractivity contribution in [3.8, 4) is 5.75 Å². The highest BCUT2D eigenvalue weighted by molar-refractivity contribution is 5.54. The Balaban J connectivity index is 2.92. The summed E-state index contributed by atoms with van der Waals surface area (Å²) in [6.45, 7) is 1.43. The molecule has 6 nitrogen and oxygen atoms in total. The van der Waals surface area contributed by atoms with E-state index in [0.717, 1.165) is 0 Å². The van der Waals surface area contributed by atoms with E-state index in [-0.39, 0.29) is 18.9 Å². The van der Waals surface area contributed by atoms with Gasteiger partial charge >= 0.3 is 0 Å². The van der Waals surface area contributed by atoms with Gasteiger partial charge in [0.15, 0.2) is 12.5 Å². The Hall–Kier alpha value is -1.50. The predicted octanol–water partition coefficient (Wildman–Crippen LogP) is -0.805. The molecule has 1 heterocycles. The second kappa shape index (κ2) is 5.55. The molecule has 0 radical (unpaired) electrons. The highest BCUT2D eigenvalue weighted by atomic mass is 16.3. The summed E-state index contributed by atoms with van der Waals surface area (Å²) in [4.78, 5) is 14.1. The van der Waals surface area contributed by atoms with Crippen molar-refractivity contribution in [1.82, 2.24) is 10.3 Å². The maximum absolute atomic E-state index is 10.2. The van der Waals surface area contributed by atoms with Crippen LogP contribution < -0.4 is 5.32 Å². The number of aldehydes is 1. The Morgan fingerprint density at radius 1 is 1.62 bits per heavy atom. The molecular formula is C10H14N2O4. The fraction of sp³-hybridized carbons (Fsp3) is 0.400. The molecule has 1 unspecified atom stereocenters. The highest BCUT2D eigenvalue weighted by Crippen LogP contribution is 2.23. The molecule has 0 amide bonds. The van der Waals surface area contributed by atoms with Crippen molar-refractivity contribution in [2.24, 2.45) is 0 Å². The minimum Gasteiger partial charge on any atom is -0.506 e. The van der Waals surface area contributed by atoms with E-state index in [0.29, 0.717) is 23.1 Å². The standard InChI is InChI=1S/C10H14N2O4/c1-6-10(16)8(3-12-9(15)5-14)7(4-13)2-11-6/h2,5,9,12-13,15-16H,3-4H2,1H3. The number of carbonyl (C=O) groups excluding carboxylic acids is 1. The normalized spacial score (nSPS) is 12.4. The van der Waals surface area contributed by atoms with Crippen molar-refractivity contribution < 1.29 is 20.1 Å². The van der Waals surface area contributed by atoms with Crippen LogP contribution >= 0.6 is 0 Å². The molecule has 0 saturated heterocycles. The van der Waals surface area contributed by atoms with Gasteiger partial charge in [0.1, 0.15) is 5.75 Å². The largest absolute Gasteiger partial charge is 0.506 e. The fourth-order valence-electron chi connectivity index (χ4n) is 1.27. The average Bonchev–Trinajstić information content (AvgIpc) is 2.30. The zero-order valence-electron chi connectivity index (χ0n) is 8.84. The van der Waals surface area contributed by atoms with Crippen molar-refractivity contribution >= 4 is 6.29 Å². The van der Waals surface area contributed by atoms with Crippen LogP contribution in [0.5, 0.6) is 5.75 Å². The summed E-state index contributed by atoms with van der Waals surface area (Å²) in [6.07, 6.45) is 0.489. The van der Waals surface area contributed by atoms with Crippen molar-refractivity contribution in [3.05, 3.63) is 23.0 Å². The molecule has 88 valence electrons. The van der Waals surface area contributed by atoms with E-state index in [9.17, 15) is 9.90 Å². The number of hydrogen-bond acceptors (Lipinski definition) is 6. The molecule has 0 bridgehead atoms. The lowest BCUT2D eigenvalue weighted by Gasteiger charge is -2.13. The molecule has 1 atom stereocenters. The number of aryl methyl sites for hydroxylation is 1. The van der Waals surface area contributed by atoms with Crippen LogP contribution in [0.1, 0.15) is 16.8 Å². The van der Waals surface area contributed by atoms with Gasteiger partial charge in [-0.15, -0.1) is 0 Å². The van der Waals surface area contributed by atoms with Crippen LogP contribution in [0, 0.1) is 6.92 Å². The molecule has 0 fully saturated rings. The zero-order valence-corrected chi connectivity index (χ0v) is 8.84. The van der Waals surface area contributed by atoms with Crippen molar-refractivity contribution in [1.29, 1.82) is 0 Å². The lowest BCUT2D eigenvalue weighted by Crippen LogP contribution is -2.29. The number of pyridine rings is 1. The maximum atomic E-state index is 10.2. The Bertz CT molecular complexity index is 381. The molecule has 0 saturated carbocycles. The van der Waals surface area contributed by atoms with Gasteiger partial charge in [0, 0.05) is 23.9 Å². The number of aromatic nitrogens is 1. The van der Waals surface area contributed by atoms with Gasteiger partial charge in [0.2, 0.25) is 0 Å². The first-order valence-corrected chi connectivity index (χ1v) is 4.74. The van der Waals surface area contributed by atoms with Gasteiger partial charge in [-0.05, 0) is 6.92 Å². The van der Waals surface area contributed by atoms with Crippen LogP contribution in [0.25, 0.3) is 0 Å². The summed E-state index contributed by atoms with van der Waals surface area (Å²) in [7, 11) is 0. The first-order chi connectivity index (χ1) is 7.60. The quantitative estimate of drug-likeness (QED) is 0.387. The minimum absolute atomic E-state index is 0.0443. The summed E-state index contributed by atoms with van der Waals surface area (Å²) in [6, 6.07) is 0. The monoisotopic (exact) mass is 226 g/mol. The van der Waals surface area contributed by atoms with E-state index >= 15 is 0 Å². The van der Waals surface area contributed by atoms with Gasteiger partial charge in [-0.25, -0.2) is 0 Å². The fourth-order valence-corrected chi connectivity index (χ4v) is 1.27. The van der Waals surface area contributed by atoms with E-state index in [1.165, 1.54) is 6.20 Å². The van der Waals surface area contributed by atoms with E-state index in [4.69, 9.17) is 10.2 Å². The molecule has 1 aromatic rings. The van der Waals surface area contributed by atoms with E-state index < -0.39 is 6.23 Å². The third kappa shape index (κ3) is 2.75. The summed E-state index contributed by atoms with van der Waals surface area (Å²) in [5.74, 6) is -0.0443. The molecule has 1 rings (SSSR count). The smallest absolute Gasteiger partial charge is 0.163 e. The highest BCUT2D eigenvalue weighted by Gasteiger charge is 2.12. The van der Waals surface area contributed by atoms with Crippen LogP contribution in [-0.4, -0.2) is 32.8 Å². The van der Waals surface area contributed by atoms with Crippen LogP contribution in [0.4, 0.5) is 0 Å². The van der Waals surface area contributed by atoms with E-state index in [2.05, 4.69) is 10.3 Å². The zero-order chi connectivity index (χ0) is 12.1. The lowest BCUT2D eigenvalue weighted by atomic mass is 10.1. The van der Waals surface area contributed by atoms with Crippen LogP contribution in [0.2, 0.25) is 0 Å². The third-order valence-electron chi connectivity index (χ3n) is 2.22. The molecule has 4 N–H and O–H groups in total. The Morgan fingerprint density at radius 2 is 2.31 bits per heavy atom. The number of carbonyl (C=O) groups is 1. The Morgan fingerprint density at radius 3 is 2.88 bits per heavy atom. The number of nitrogens with one attached hydrogen (secondary N) is 1. The van der Waals surface area contributed by atoms with E-state index in [1.54, 1.807) is 6.92 Å². The molecule has 1 aromatic heterocycles. The molecule has 0 aliphatic rings. The molecular weight excluding hydrogens is 212 g/mol. The van der Waals surface area contributed by atoms with Crippen LogP contribution in [0.3, 0.4) is 0 Å². The number of aliphatic hydroxyl groups is 2. The van der Waals surface area contributed by atoms with Crippen LogP contribution in [-0.2, 0) is 17.9 Å². The third-order valence-corrected chi connectivity index (χ3v) is 2.22. The average molecular weight is 226 g/mol. The summed E-state index contributed by atoms with van der Waals surface area (Å²) in [5, 5.41) is 30.2. The van der Waals surface area contributed by atoms with Crippen molar-refractivity contribution in [2.45, 2.75) is 26.3 Å². The summed E-state index contributed by atoms with van der Waals surface area (Å²) in [5.41, 5.74) is 1.30. The van der Waals surface area contributed by atoms with Gasteiger partial charge in [-0.3, -0.25) is 15.1 Å². The molecule has 16 heavy (non-hydrogen) atoms. The second-order valence-electron chi connectivity index (χ2n) is 3.32. The summed E-state index contributed by atoms with van der Waals surface area (Å²) < 4.78 is 0. The molecule has 0 spiro atoms. The first kappa shape index (κ1) is 12.6. The number of rotatable bonds is 5. The van der Waals surface area contributed by atoms with Gasteiger partial charge in [0.25, 0.3) is 0 Å². The first-order valence-electron chi connectivity index (χ1n) is 4.74. The predicted molar refractivity (Wildman–Crippen MR) is 55.5 cm³/mol. The van der Waals surface area contributed by atoms with Gasteiger partial charge in [0.05, 0.1) is 12.3 Å². The van der Waals surface area contributed by atoms with E-state index in [1.807, 2.05) is 0 Å². The summed E-state index contributed by atoms with van der Waals surface area (Å²) >= 11 is 0.